The minimum atomic E-state index is -1.06. The normalized spacial score (nSPS) is 20.8. The molecule has 1 aromatic heterocycles. The summed E-state index contributed by atoms with van der Waals surface area (Å²) in [6.07, 6.45) is 11.7. The van der Waals surface area contributed by atoms with Gasteiger partial charge in [-0.15, -0.1) is 0 Å². The van der Waals surface area contributed by atoms with E-state index in [2.05, 4.69) is 10.4 Å². The summed E-state index contributed by atoms with van der Waals surface area (Å²) in [6, 6.07) is 0.0535. The molecule has 0 aliphatic heterocycles. The largest absolute Gasteiger partial charge is 0.503 e. The maximum Gasteiger partial charge on any atom is 0.276 e. The van der Waals surface area contributed by atoms with Crippen LogP contribution in [-0.2, 0) is 6.54 Å². The Morgan fingerprint density at radius 2 is 2.00 bits per heavy atom. The molecule has 2 fully saturated rings. The summed E-state index contributed by atoms with van der Waals surface area (Å²) in [7, 11) is 0. The lowest BCUT2D eigenvalue weighted by molar-refractivity contribution is 0.0927. The maximum absolute atomic E-state index is 13.9. The van der Waals surface area contributed by atoms with Crippen molar-refractivity contribution in [2.45, 2.75) is 90.9 Å². The molecule has 170 valence electrons. The van der Waals surface area contributed by atoms with Crippen LogP contribution >= 0.6 is 0 Å². The first kappa shape index (κ1) is 23.2. The molecule has 0 spiro atoms. The predicted octanol–water partition coefficient (Wildman–Crippen LogP) is 4.43. The van der Waals surface area contributed by atoms with E-state index < -0.39 is 23.3 Å². The van der Waals surface area contributed by atoms with Gasteiger partial charge in [0.05, 0.1) is 12.7 Å². The second-order valence-electron chi connectivity index (χ2n) is 9.06. The number of nitrogens with one attached hydrogen (secondary N) is 1. The van der Waals surface area contributed by atoms with E-state index in [9.17, 15) is 19.1 Å². The van der Waals surface area contributed by atoms with E-state index in [0.29, 0.717) is 12.1 Å². The Kier molecular flexibility index (Phi) is 7.34. The van der Waals surface area contributed by atoms with Crippen molar-refractivity contribution in [1.29, 1.82) is 0 Å². The van der Waals surface area contributed by atoms with Crippen LogP contribution in [0.5, 0.6) is 5.75 Å². The van der Waals surface area contributed by atoms with Crippen molar-refractivity contribution in [2.75, 3.05) is 0 Å². The van der Waals surface area contributed by atoms with Crippen molar-refractivity contribution in [1.82, 2.24) is 15.1 Å². The third-order valence-electron chi connectivity index (χ3n) is 6.89. The quantitative estimate of drug-likeness (QED) is 0.626. The van der Waals surface area contributed by atoms with Crippen molar-refractivity contribution in [2.24, 2.45) is 5.41 Å². The maximum atomic E-state index is 13.9. The molecule has 1 aromatic rings. The Balaban J connectivity index is 1.90. The summed E-state index contributed by atoms with van der Waals surface area (Å²) in [4.78, 5) is 25.1. The molecule has 2 saturated carbocycles. The monoisotopic (exact) mass is 431 g/mol. The van der Waals surface area contributed by atoms with Gasteiger partial charge in [0.25, 0.3) is 11.3 Å². The third-order valence-corrected chi connectivity index (χ3v) is 6.89. The second-order valence-corrected chi connectivity index (χ2v) is 9.06. The number of allylic oxidation sites excluding steroid dienone is 4. The van der Waals surface area contributed by atoms with Crippen molar-refractivity contribution in [3.63, 3.8) is 0 Å². The summed E-state index contributed by atoms with van der Waals surface area (Å²) in [5.41, 5.74) is 0.419. The molecule has 3 rings (SSSR count). The molecule has 2 N–H and O–H groups in total. The zero-order valence-electron chi connectivity index (χ0n) is 18.8. The standard InChI is InChI=1S/C24H34FN3O3/c1-4-18(17(3)25)13-16(2)24(11-7-8-12-24)15-28-14-20(29)22(30)21(27-28)23(31)26-19-9-5-6-10-19/h4,13-14,17,19,29H,5-12,15H2,1-3H3,(H,26,31). The molecule has 2 aliphatic carbocycles. The second kappa shape index (κ2) is 9.79. The Labute approximate surface area is 183 Å². The van der Waals surface area contributed by atoms with Crippen molar-refractivity contribution < 1.29 is 14.3 Å². The highest BCUT2D eigenvalue weighted by molar-refractivity contribution is 5.92. The molecule has 1 amide bonds. The summed E-state index contributed by atoms with van der Waals surface area (Å²) in [6.45, 7) is 5.78. The van der Waals surface area contributed by atoms with Crippen LogP contribution in [0, 0.1) is 5.41 Å². The summed E-state index contributed by atoms with van der Waals surface area (Å²) < 4.78 is 15.4. The highest BCUT2D eigenvalue weighted by Gasteiger charge is 2.37. The van der Waals surface area contributed by atoms with Gasteiger partial charge < -0.3 is 10.4 Å². The Morgan fingerprint density at radius 3 is 2.58 bits per heavy atom. The Morgan fingerprint density at radius 1 is 1.35 bits per heavy atom. The Bertz CT molecular complexity index is 920. The first-order chi connectivity index (χ1) is 14.8. The van der Waals surface area contributed by atoms with Crippen molar-refractivity contribution in [3.05, 3.63) is 45.4 Å². The fourth-order valence-corrected chi connectivity index (χ4v) is 4.95. The number of amides is 1. The summed E-state index contributed by atoms with van der Waals surface area (Å²) in [5.74, 6) is -1.01. The molecule has 1 heterocycles. The van der Waals surface area contributed by atoms with Gasteiger partial charge in [-0.2, -0.15) is 5.10 Å². The molecule has 0 saturated heterocycles. The van der Waals surface area contributed by atoms with Crippen LogP contribution in [0.3, 0.4) is 0 Å². The number of halogens is 1. The van der Waals surface area contributed by atoms with Gasteiger partial charge >= 0.3 is 0 Å². The number of carbonyl (C=O) groups excluding carboxylic acids is 1. The number of alkyl halides is 1. The van der Waals surface area contributed by atoms with Crippen LogP contribution in [0.1, 0.15) is 82.6 Å². The van der Waals surface area contributed by atoms with E-state index in [4.69, 9.17) is 0 Å². The molecule has 1 atom stereocenters. The highest BCUT2D eigenvalue weighted by Crippen LogP contribution is 2.46. The zero-order chi connectivity index (χ0) is 22.6. The number of hydrogen-bond acceptors (Lipinski definition) is 4. The molecule has 1 unspecified atom stereocenters. The Hall–Kier alpha value is -2.44. The van der Waals surface area contributed by atoms with Gasteiger partial charge in [0.2, 0.25) is 0 Å². The van der Waals surface area contributed by atoms with Crippen LogP contribution < -0.4 is 10.7 Å². The topological polar surface area (TPSA) is 84.2 Å². The smallest absolute Gasteiger partial charge is 0.276 e. The van der Waals surface area contributed by atoms with Gasteiger partial charge in [-0.05, 0) is 52.0 Å². The van der Waals surface area contributed by atoms with Crippen molar-refractivity contribution in [3.8, 4) is 5.75 Å². The van der Waals surface area contributed by atoms with Gasteiger partial charge in [-0.3, -0.25) is 14.3 Å². The van der Waals surface area contributed by atoms with E-state index >= 15 is 0 Å². The molecule has 31 heavy (non-hydrogen) atoms. The van der Waals surface area contributed by atoms with Crippen LogP contribution in [-0.4, -0.2) is 33.0 Å². The van der Waals surface area contributed by atoms with E-state index in [1.165, 1.54) is 17.8 Å². The molecule has 0 bridgehead atoms. The summed E-state index contributed by atoms with van der Waals surface area (Å²) in [5, 5.41) is 17.4. The predicted molar refractivity (Wildman–Crippen MR) is 119 cm³/mol. The lowest BCUT2D eigenvalue weighted by atomic mass is 9.78. The highest BCUT2D eigenvalue weighted by atomic mass is 19.1. The van der Waals surface area contributed by atoms with Crippen LogP contribution in [0.4, 0.5) is 4.39 Å². The van der Waals surface area contributed by atoms with Gasteiger partial charge in [-0.25, -0.2) is 4.39 Å². The number of nitrogens with zero attached hydrogens (tertiary/aromatic N) is 2. The van der Waals surface area contributed by atoms with Crippen LogP contribution in [0.15, 0.2) is 34.3 Å². The molecule has 7 heteroatoms. The van der Waals surface area contributed by atoms with Gasteiger partial charge in [0.1, 0.15) is 6.17 Å². The molecule has 2 aliphatic rings. The minimum absolute atomic E-state index is 0.0535. The minimum Gasteiger partial charge on any atom is -0.503 e. The number of hydrogen-bond donors (Lipinski definition) is 2. The van der Waals surface area contributed by atoms with Gasteiger partial charge in [-0.1, -0.05) is 43.4 Å². The fraction of sp³-hybridized carbons (Fsp3) is 0.625. The molecular weight excluding hydrogens is 397 g/mol. The summed E-state index contributed by atoms with van der Waals surface area (Å²) >= 11 is 0. The third kappa shape index (κ3) is 5.25. The lowest BCUT2D eigenvalue weighted by Crippen LogP contribution is -2.38. The fourth-order valence-electron chi connectivity index (χ4n) is 4.95. The molecular formula is C24H34FN3O3. The zero-order valence-corrected chi connectivity index (χ0v) is 18.8. The van der Waals surface area contributed by atoms with Gasteiger partial charge in [0, 0.05) is 11.5 Å². The first-order valence-electron chi connectivity index (χ1n) is 11.4. The molecule has 6 nitrogen and oxygen atoms in total. The van der Waals surface area contributed by atoms with Crippen molar-refractivity contribution >= 4 is 5.91 Å². The van der Waals surface area contributed by atoms with Gasteiger partial charge in [0.15, 0.2) is 11.4 Å². The average molecular weight is 432 g/mol. The van der Waals surface area contributed by atoms with E-state index in [0.717, 1.165) is 56.9 Å². The van der Waals surface area contributed by atoms with E-state index in [1.54, 1.807) is 6.08 Å². The number of rotatable bonds is 7. The first-order valence-corrected chi connectivity index (χ1v) is 11.4. The number of aromatic nitrogens is 2. The number of aromatic hydroxyl groups is 1. The van der Waals surface area contributed by atoms with E-state index in [-0.39, 0.29) is 17.2 Å². The van der Waals surface area contributed by atoms with Crippen LogP contribution in [0.25, 0.3) is 0 Å². The SMILES string of the molecule is CC=C(C=C(C)C1(Cn2cc(O)c(=O)c(C(=O)NC3CCCC3)n2)CCCC1)C(C)F. The van der Waals surface area contributed by atoms with Crippen LogP contribution in [0.2, 0.25) is 0 Å². The molecule has 0 aromatic carbocycles. The van der Waals surface area contributed by atoms with E-state index in [1.807, 2.05) is 19.9 Å². The number of carbonyl (C=O) groups is 1. The molecule has 0 radical (unpaired) electrons. The lowest BCUT2D eigenvalue weighted by Gasteiger charge is -2.31. The average Bonchev–Trinajstić information content (AvgIpc) is 3.41.